The van der Waals surface area contributed by atoms with E-state index in [4.69, 9.17) is 0 Å². The first-order valence-corrected chi connectivity index (χ1v) is 7.77. The summed E-state index contributed by atoms with van der Waals surface area (Å²) >= 11 is 0. The predicted octanol–water partition coefficient (Wildman–Crippen LogP) is 3.13. The Kier molecular flexibility index (Phi) is 6.07. The molecular weight excluding hydrogens is 309 g/mol. The molecule has 2 rings (SSSR count). The van der Waals surface area contributed by atoms with E-state index in [2.05, 4.69) is 5.32 Å². The molecule has 0 aliphatic carbocycles. The van der Waals surface area contributed by atoms with Crippen molar-refractivity contribution in [1.82, 2.24) is 5.32 Å². The minimum Gasteiger partial charge on any atom is -0.480 e. The highest BCUT2D eigenvalue weighted by Gasteiger charge is 2.21. The van der Waals surface area contributed by atoms with Crippen LogP contribution in [0.5, 0.6) is 0 Å². The van der Waals surface area contributed by atoms with Crippen molar-refractivity contribution >= 4 is 11.9 Å². The highest BCUT2D eigenvalue weighted by Crippen LogP contribution is 2.19. The highest BCUT2D eigenvalue weighted by molar-refractivity contribution is 5.84. The Morgan fingerprint density at radius 3 is 2.46 bits per heavy atom. The minimum absolute atomic E-state index is 0.0992. The fourth-order valence-corrected chi connectivity index (χ4v) is 2.51. The van der Waals surface area contributed by atoms with Crippen LogP contribution < -0.4 is 5.32 Å². The molecule has 0 bridgehead atoms. The predicted molar refractivity (Wildman–Crippen MR) is 89.1 cm³/mol. The maximum Gasteiger partial charge on any atom is 0.326 e. The van der Waals surface area contributed by atoms with Crippen molar-refractivity contribution in [3.05, 3.63) is 71.5 Å². The Hall–Kier alpha value is -2.69. The minimum atomic E-state index is -1.08. The molecule has 2 N–H and O–H groups in total. The summed E-state index contributed by atoms with van der Waals surface area (Å²) < 4.78 is 13.2. The van der Waals surface area contributed by atoms with E-state index in [1.165, 1.54) is 12.1 Å². The third-order valence-corrected chi connectivity index (χ3v) is 3.83. The van der Waals surface area contributed by atoms with E-state index >= 15 is 0 Å². The van der Waals surface area contributed by atoms with Gasteiger partial charge in [0.1, 0.15) is 11.9 Å². The van der Waals surface area contributed by atoms with Crippen LogP contribution in [0.2, 0.25) is 0 Å². The van der Waals surface area contributed by atoms with Gasteiger partial charge in [-0.2, -0.15) is 0 Å². The third-order valence-electron chi connectivity index (χ3n) is 3.83. The molecule has 4 nitrogen and oxygen atoms in total. The van der Waals surface area contributed by atoms with E-state index < -0.39 is 12.0 Å². The number of benzene rings is 2. The number of hydrogen-bond donors (Lipinski definition) is 2. The number of halogens is 1. The lowest BCUT2D eigenvalue weighted by Gasteiger charge is -2.17. The van der Waals surface area contributed by atoms with Gasteiger partial charge in [0.15, 0.2) is 0 Å². The number of amides is 1. The average molecular weight is 329 g/mol. The molecule has 2 aromatic carbocycles. The van der Waals surface area contributed by atoms with Crippen molar-refractivity contribution in [3.8, 4) is 0 Å². The van der Waals surface area contributed by atoms with Gasteiger partial charge in [-0.1, -0.05) is 49.4 Å². The van der Waals surface area contributed by atoms with Crippen LogP contribution in [0.25, 0.3) is 0 Å². The second-order valence-corrected chi connectivity index (χ2v) is 5.81. The number of rotatable bonds is 7. The lowest BCUT2D eigenvalue weighted by molar-refractivity contribution is -0.141. The van der Waals surface area contributed by atoms with E-state index in [9.17, 15) is 19.1 Å². The van der Waals surface area contributed by atoms with Gasteiger partial charge in [-0.3, -0.25) is 4.79 Å². The van der Waals surface area contributed by atoms with E-state index in [1.807, 2.05) is 30.3 Å². The molecule has 2 atom stereocenters. The number of carbonyl (C=O) groups excluding carboxylic acids is 1. The van der Waals surface area contributed by atoms with Gasteiger partial charge in [0.2, 0.25) is 5.91 Å². The molecule has 24 heavy (non-hydrogen) atoms. The SMILES string of the molecule is CC(CC(=O)N[C@@H](Cc1ccccc1)C(=O)O)c1cccc(F)c1. The number of carboxylic acid groups (broad SMARTS) is 1. The van der Waals surface area contributed by atoms with Crippen molar-refractivity contribution in [2.24, 2.45) is 0 Å². The zero-order valence-corrected chi connectivity index (χ0v) is 13.4. The first kappa shape index (κ1) is 17.7. The molecule has 0 aliphatic rings. The van der Waals surface area contributed by atoms with Crippen molar-refractivity contribution < 1.29 is 19.1 Å². The summed E-state index contributed by atoms with van der Waals surface area (Å²) in [6.07, 6.45) is 0.318. The smallest absolute Gasteiger partial charge is 0.326 e. The Morgan fingerprint density at radius 2 is 1.83 bits per heavy atom. The first-order valence-electron chi connectivity index (χ1n) is 7.77. The number of nitrogens with one attached hydrogen (secondary N) is 1. The number of aliphatic carboxylic acids is 1. The molecule has 5 heteroatoms. The molecule has 0 aromatic heterocycles. The summed E-state index contributed by atoms with van der Waals surface area (Å²) in [6.45, 7) is 1.81. The fourth-order valence-electron chi connectivity index (χ4n) is 2.51. The Bertz CT molecular complexity index is 703. The molecule has 0 fully saturated rings. The standard InChI is InChI=1S/C19H20FNO3/c1-13(15-8-5-9-16(20)12-15)10-18(22)21-17(19(23)24)11-14-6-3-2-4-7-14/h2-9,12-13,17H,10-11H2,1H3,(H,21,22)(H,23,24)/t13?,17-/m0/s1. The van der Waals surface area contributed by atoms with Crippen LogP contribution in [0.1, 0.15) is 30.4 Å². The lowest BCUT2D eigenvalue weighted by atomic mass is 9.97. The van der Waals surface area contributed by atoms with Crippen LogP contribution >= 0.6 is 0 Å². The molecule has 0 heterocycles. The van der Waals surface area contributed by atoms with Crippen molar-refractivity contribution in [2.45, 2.75) is 31.7 Å². The molecular formula is C19H20FNO3. The van der Waals surface area contributed by atoms with Crippen LogP contribution in [0.4, 0.5) is 4.39 Å². The molecule has 0 saturated carbocycles. The van der Waals surface area contributed by atoms with Crippen LogP contribution in [-0.2, 0) is 16.0 Å². The van der Waals surface area contributed by atoms with Gasteiger partial charge in [0.25, 0.3) is 0 Å². The maximum absolute atomic E-state index is 13.2. The lowest BCUT2D eigenvalue weighted by Crippen LogP contribution is -2.42. The second-order valence-electron chi connectivity index (χ2n) is 5.81. The average Bonchev–Trinajstić information content (AvgIpc) is 2.55. The van der Waals surface area contributed by atoms with E-state index in [0.29, 0.717) is 5.56 Å². The summed E-state index contributed by atoms with van der Waals surface area (Å²) in [7, 11) is 0. The van der Waals surface area contributed by atoms with Crippen LogP contribution in [0.3, 0.4) is 0 Å². The van der Waals surface area contributed by atoms with E-state index in [0.717, 1.165) is 5.56 Å². The Morgan fingerprint density at radius 1 is 1.12 bits per heavy atom. The van der Waals surface area contributed by atoms with E-state index in [-0.39, 0.29) is 30.5 Å². The van der Waals surface area contributed by atoms with Crippen molar-refractivity contribution in [2.75, 3.05) is 0 Å². The molecule has 2 aromatic rings. The van der Waals surface area contributed by atoms with Crippen molar-refractivity contribution in [1.29, 1.82) is 0 Å². The summed E-state index contributed by atoms with van der Waals surface area (Å²) in [4.78, 5) is 23.5. The third kappa shape index (κ3) is 5.19. The molecule has 0 radical (unpaired) electrons. The fraction of sp³-hybridized carbons (Fsp3) is 0.263. The molecule has 126 valence electrons. The molecule has 0 spiro atoms. The molecule has 0 aliphatic heterocycles. The summed E-state index contributed by atoms with van der Waals surface area (Å²) in [5, 5.41) is 11.9. The van der Waals surface area contributed by atoms with Crippen LogP contribution in [0.15, 0.2) is 54.6 Å². The largest absolute Gasteiger partial charge is 0.480 e. The van der Waals surface area contributed by atoms with Gasteiger partial charge >= 0.3 is 5.97 Å². The number of hydrogen-bond acceptors (Lipinski definition) is 2. The molecule has 1 unspecified atom stereocenters. The molecule has 1 amide bonds. The molecule has 0 saturated heterocycles. The summed E-state index contributed by atoms with van der Waals surface area (Å²) in [5.41, 5.74) is 1.54. The number of carboxylic acids is 1. The van der Waals surface area contributed by atoms with Gasteiger partial charge < -0.3 is 10.4 Å². The second kappa shape index (κ2) is 8.24. The van der Waals surface area contributed by atoms with Crippen molar-refractivity contribution in [3.63, 3.8) is 0 Å². The van der Waals surface area contributed by atoms with Gasteiger partial charge in [0.05, 0.1) is 0 Å². The quantitative estimate of drug-likeness (QED) is 0.820. The Labute approximate surface area is 140 Å². The van der Waals surface area contributed by atoms with E-state index in [1.54, 1.807) is 19.1 Å². The first-order chi connectivity index (χ1) is 11.5. The zero-order chi connectivity index (χ0) is 17.5. The monoisotopic (exact) mass is 329 g/mol. The summed E-state index contributed by atoms with van der Waals surface area (Å²) in [6, 6.07) is 14.2. The Balaban J connectivity index is 1.96. The maximum atomic E-state index is 13.2. The van der Waals surface area contributed by atoms with Gasteiger partial charge in [-0.15, -0.1) is 0 Å². The topological polar surface area (TPSA) is 66.4 Å². The number of carbonyl (C=O) groups is 2. The normalized spacial score (nSPS) is 13.1. The summed E-state index contributed by atoms with van der Waals surface area (Å²) in [5.74, 6) is -2.00. The zero-order valence-electron chi connectivity index (χ0n) is 13.4. The van der Waals surface area contributed by atoms with Gasteiger partial charge in [-0.05, 0) is 29.2 Å². The highest BCUT2D eigenvalue weighted by atomic mass is 19.1. The van der Waals surface area contributed by atoms with Gasteiger partial charge in [0, 0.05) is 12.8 Å². The van der Waals surface area contributed by atoms with Crippen LogP contribution in [0, 0.1) is 5.82 Å². The van der Waals surface area contributed by atoms with Crippen LogP contribution in [-0.4, -0.2) is 23.0 Å². The van der Waals surface area contributed by atoms with Gasteiger partial charge in [-0.25, -0.2) is 9.18 Å².